The first-order chi connectivity index (χ1) is 30.5. The Balaban J connectivity index is 1.31. The number of anilines is 3. The van der Waals surface area contributed by atoms with Gasteiger partial charge in [-0.3, -0.25) is 43.5 Å². The number of allylic oxidation sites excluding steroid dienone is 12. The van der Waals surface area contributed by atoms with Crippen LogP contribution in [0, 0.1) is 32.5 Å². The first-order valence-electron chi connectivity index (χ1n) is 24.2. The minimum Gasteiger partial charge on any atom is -0.294 e. The molecule has 0 N–H and O–H groups in total. The van der Waals surface area contributed by atoms with Crippen LogP contribution in [0.2, 0.25) is 0 Å². The molecule has 12 nitrogen and oxygen atoms in total. The molecular weight excluding hydrogens is 829 g/mol. The number of nitrogens with zero attached hydrogens (tertiary/aromatic N) is 6. The quantitative estimate of drug-likeness (QED) is 0.284. The summed E-state index contributed by atoms with van der Waals surface area (Å²) in [6.07, 6.45) is 6.09. The van der Waals surface area contributed by atoms with Gasteiger partial charge < -0.3 is 0 Å². The fourth-order valence-electron chi connectivity index (χ4n) is 12.8. The number of carbonyl (C=O) groups is 6. The van der Waals surface area contributed by atoms with E-state index in [0.717, 1.165) is 34.2 Å². The molecule has 0 amide bonds. The van der Waals surface area contributed by atoms with Gasteiger partial charge in [-0.1, -0.05) is 83.1 Å². The highest BCUT2D eigenvalue weighted by Gasteiger charge is 2.50. The third kappa shape index (κ3) is 7.43. The maximum Gasteiger partial charge on any atom is 0.240 e. The molecule has 1 aromatic rings. The van der Waals surface area contributed by atoms with Gasteiger partial charge in [0.25, 0.3) is 0 Å². The fraction of sp³-hybridized carbons (Fsp3) is 0.611. The molecule has 1 aromatic heterocycles. The van der Waals surface area contributed by atoms with Crippen LogP contribution >= 0.6 is 0 Å². The maximum atomic E-state index is 14.3. The molecule has 6 aliphatic carbocycles. The molecule has 0 spiro atoms. The molecule has 4 heterocycles. The van der Waals surface area contributed by atoms with Gasteiger partial charge in [-0.2, -0.15) is 15.0 Å². The molecule has 0 saturated carbocycles. The Kier molecular flexibility index (Phi) is 9.62. The molecule has 0 atom stereocenters. The van der Waals surface area contributed by atoms with E-state index < -0.39 is 32.5 Å². The van der Waals surface area contributed by atoms with Gasteiger partial charge in [0.1, 0.15) is 0 Å². The Morgan fingerprint density at radius 1 is 0.273 bits per heavy atom. The van der Waals surface area contributed by atoms with Crippen molar-refractivity contribution in [2.75, 3.05) is 14.7 Å². The minimum atomic E-state index is -0.401. The third-order valence-corrected chi connectivity index (χ3v) is 15.7. The van der Waals surface area contributed by atoms with Crippen molar-refractivity contribution in [3.05, 3.63) is 67.6 Å². The number of rotatable bonds is 3. The first-order valence-corrected chi connectivity index (χ1v) is 24.2. The number of carbonyl (C=O) groups excluding carboxylic acids is 6. The summed E-state index contributed by atoms with van der Waals surface area (Å²) in [5.74, 6) is 0.686. The summed E-state index contributed by atoms with van der Waals surface area (Å²) < 4.78 is 0. The van der Waals surface area contributed by atoms with Crippen molar-refractivity contribution in [3.8, 4) is 0 Å². The zero-order chi connectivity index (χ0) is 47.6. The van der Waals surface area contributed by atoms with Crippen molar-refractivity contribution in [1.82, 2.24) is 15.0 Å². The zero-order valence-electron chi connectivity index (χ0n) is 41.2. The number of hydrogen-bond acceptors (Lipinski definition) is 12. The second-order valence-electron chi connectivity index (χ2n) is 26.0. The molecule has 0 aromatic carbocycles. The van der Waals surface area contributed by atoms with E-state index in [1.165, 1.54) is 0 Å². The van der Waals surface area contributed by atoms with Crippen LogP contribution in [0.25, 0.3) is 0 Å². The predicted molar refractivity (Wildman–Crippen MR) is 251 cm³/mol. The number of ketones is 6. The summed E-state index contributed by atoms with van der Waals surface area (Å²) in [7, 11) is 0. The average Bonchev–Trinajstić information content (AvgIpc) is 3.13. The van der Waals surface area contributed by atoms with Crippen LogP contribution in [0.5, 0.6) is 0 Å². The van der Waals surface area contributed by atoms with Crippen LogP contribution in [0.1, 0.15) is 179 Å². The van der Waals surface area contributed by atoms with E-state index in [2.05, 4.69) is 83.1 Å². The lowest BCUT2D eigenvalue weighted by Gasteiger charge is -2.47. The lowest BCUT2D eigenvalue weighted by Crippen LogP contribution is -2.45. The Morgan fingerprint density at radius 2 is 0.424 bits per heavy atom. The summed E-state index contributed by atoms with van der Waals surface area (Å²) in [5, 5.41) is 0. The molecule has 0 radical (unpaired) electrons. The molecule has 12 heteroatoms. The Hall–Kier alpha value is -5.13. The SMILES string of the molecule is CC1(C)CC(=O)C2=C(C1)N(c1nc(N3C4=C(CC5=C3CC(C)(C)CC5=O)C(=O)CC(C)(C)C4)nc(N3C4=C(CC5=C3CC(C)(C)CC5=O)C(=O)CC(C)(C)C4)n1)C1=C(C2)C(=O)CC(C)(C)C1. The smallest absolute Gasteiger partial charge is 0.240 e. The van der Waals surface area contributed by atoms with Crippen molar-refractivity contribution in [2.45, 2.75) is 179 Å². The van der Waals surface area contributed by atoms with E-state index in [-0.39, 0.29) is 71.8 Å². The van der Waals surface area contributed by atoms with E-state index in [9.17, 15) is 28.8 Å². The molecule has 3 aliphatic heterocycles. The fourth-order valence-corrected chi connectivity index (χ4v) is 12.8. The molecule has 0 bridgehead atoms. The van der Waals surface area contributed by atoms with Gasteiger partial charge in [0, 0.05) is 125 Å². The van der Waals surface area contributed by atoms with Crippen molar-refractivity contribution >= 4 is 52.5 Å². The lowest BCUT2D eigenvalue weighted by molar-refractivity contribution is -0.120. The second kappa shape index (κ2) is 14.2. The molecular formula is C54H66N6O6. The molecule has 66 heavy (non-hydrogen) atoms. The minimum absolute atomic E-state index is 0.00276. The summed E-state index contributed by atoms with van der Waals surface area (Å²) in [6, 6.07) is 0. The largest absolute Gasteiger partial charge is 0.294 e. The number of Topliss-reactive ketones (excluding diaryl/α,β-unsaturated/α-hetero) is 6. The van der Waals surface area contributed by atoms with Crippen molar-refractivity contribution < 1.29 is 28.8 Å². The summed E-state index contributed by atoms with van der Waals surface area (Å²) in [5.41, 5.74) is 5.82. The lowest BCUT2D eigenvalue weighted by atomic mass is 9.68. The van der Waals surface area contributed by atoms with Gasteiger partial charge in [-0.15, -0.1) is 0 Å². The maximum absolute atomic E-state index is 14.3. The Morgan fingerprint density at radius 3 is 0.576 bits per heavy atom. The molecule has 9 aliphatic rings. The van der Waals surface area contributed by atoms with E-state index in [1.54, 1.807) is 0 Å². The molecule has 0 fully saturated rings. The Bertz CT molecular complexity index is 2300. The third-order valence-electron chi connectivity index (χ3n) is 15.7. The molecule has 0 saturated heterocycles. The first kappa shape index (κ1) is 44.7. The van der Waals surface area contributed by atoms with Gasteiger partial charge in [-0.25, -0.2) is 0 Å². The average molecular weight is 895 g/mol. The highest BCUT2D eigenvalue weighted by molar-refractivity contribution is 6.08. The molecule has 348 valence electrons. The van der Waals surface area contributed by atoms with Crippen molar-refractivity contribution in [2.24, 2.45) is 32.5 Å². The van der Waals surface area contributed by atoms with Crippen LogP contribution in [0.15, 0.2) is 67.6 Å². The molecule has 0 unspecified atom stereocenters. The van der Waals surface area contributed by atoms with Crippen molar-refractivity contribution in [1.29, 1.82) is 0 Å². The Labute approximate surface area is 389 Å². The van der Waals surface area contributed by atoms with E-state index in [1.807, 2.05) is 14.7 Å². The summed E-state index contributed by atoms with van der Waals surface area (Å²) in [6.45, 7) is 25.1. The van der Waals surface area contributed by atoms with Gasteiger partial charge in [0.15, 0.2) is 34.7 Å². The van der Waals surface area contributed by atoms with E-state index in [0.29, 0.717) is 110 Å². The van der Waals surface area contributed by atoms with Crippen LogP contribution in [0.3, 0.4) is 0 Å². The predicted octanol–water partition coefficient (Wildman–Crippen LogP) is 10.4. The topological polar surface area (TPSA) is 151 Å². The highest BCUT2D eigenvalue weighted by Crippen LogP contribution is 2.55. The number of hydrogen-bond donors (Lipinski definition) is 0. The standard InChI is InChI=1S/C54H66N6O6/c1-49(2)16-34-28(40(61)22-49)13-29-35(17-50(3,4)23-41(29)62)58(34)46-55-47(59-36-18-51(5,6)24-42(63)30(36)14-31-37(59)19-52(7,8)25-43(31)64)57-48(56-46)60-38-20-53(9,10)26-44(65)32(38)15-33-39(60)21-54(11,12)27-45(33)66/h13-27H2,1-12H3. The summed E-state index contributed by atoms with van der Waals surface area (Å²) >= 11 is 0. The molecule has 10 rings (SSSR count). The number of aromatic nitrogens is 3. The van der Waals surface area contributed by atoms with E-state index >= 15 is 0 Å². The normalized spacial score (nSPS) is 27.5. The van der Waals surface area contributed by atoms with Crippen molar-refractivity contribution in [3.63, 3.8) is 0 Å². The zero-order valence-corrected chi connectivity index (χ0v) is 41.2. The van der Waals surface area contributed by atoms with Crippen LogP contribution in [-0.2, 0) is 28.8 Å². The summed E-state index contributed by atoms with van der Waals surface area (Å²) in [4.78, 5) is 108. The monoisotopic (exact) mass is 895 g/mol. The van der Waals surface area contributed by atoms with Crippen LogP contribution < -0.4 is 14.7 Å². The van der Waals surface area contributed by atoms with Gasteiger partial charge in [0.2, 0.25) is 17.8 Å². The second-order valence-corrected chi connectivity index (χ2v) is 26.0. The van der Waals surface area contributed by atoms with Gasteiger partial charge >= 0.3 is 0 Å². The van der Waals surface area contributed by atoms with Crippen LogP contribution in [0.4, 0.5) is 17.8 Å². The van der Waals surface area contributed by atoms with E-state index in [4.69, 9.17) is 15.0 Å². The highest BCUT2D eigenvalue weighted by atomic mass is 16.1. The van der Waals surface area contributed by atoms with Gasteiger partial charge in [-0.05, 0) is 71.0 Å². The van der Waals surface area contributed by atoms with Crippen LogP contribution in [-0.4, -0.2) is 49.7 Å². The van der Waals surface area contributed by atoms with Gasteiger partial charge in [0.05, 0.1) is 0 Å².